The van der Waals surface area contributed by atoms with Gasteiger partial charge in [-0.25, -0.2) is 9.97 Å². The van der Waals surface area contributed by atoms with Crippen molar-refractivity contribution < 1.29 is 4.79 Å². The summed E-state index contributed by atoms with van der Waals surface area (Å²) >= 11 is 1.58. The van der Waals surface area contributed by atoms with Crippen molar-refractivity contribution in [2.75, 3.05) is 6.54 Å². The quantitative estimate of drug-likeness (QED) is 0.934. The molecule has 1 atom stereocenters. The van der Waals surface area contributed by atoms with Crippen molar-refractivity contribution in [2.24, 2.45) is 0 Å². The van der Waals surface area contributed by atoms with Gasteiger partial charge in [0.25, 0.3) is 5.56 Å². The first-order valence-corrected chi connectivity index (χ1v) is 8.69. The van der Waals surface area contributed by atoms with E-state index in [2.05, 4.69) is 15.0 Å². The number of nitrogens with one attached hydrogen (secondary N) is 1. The molecule has 3 heterocycles. The molecule has 1 N–H and O–H groups in total. The number of aromatic nitrogens is 3. The van der Waals surface area contributed by atoms with Gasteiger partial charge in [0.2, 0.25) is 5.91 Å². The lowest BCUT2D eigenvalue weighted by Crippen LogP contribution is -2.40. The molecular formula is C16H20N4O2S. The second-order valence-corrected chi connectivity index (χ2v) is 6.79. The van der Waals surface area contributed by atoms with E-state index in [1.807, 2.05) is 10.3 Å². The molecule has 0 bridgehead atoms. The second kappa shape index (κ2) is 6.62. The van der Waals surface area contributed by atoms with Gasteiger partial charge >= 0.3 is 0 Å². The van der Waals surface area contributed by atoms with Crippen molar-refractivity contribution in [1.82, 2.24) is 19.9 Å². The number of amides is 1. The third kappa shape index (κ3) is 3.34. The van der Waals surface area contributed by atoms with E-state index >= 15 is 0 Å². The van der Waals surface area contributed by atoms with E-state index in [-0.39, 0.29) is 23.9 Å². The van der Waals surface area contributed by atoms with E-state index in [0.29, 0.717) is 17.1 Å². The van der Waals surface area contributed by atoms with Gasteiger partial charge in [0.05, 0.1) is 12.5 Å². The number of carbonyl (C=O) groups excluding carboxylic acids is 1. The van der Waals surface area contributed by atoms with Gasteiger partial charge in [0, 0.05) is 29.4 Å². The maximum Gasteiger partial charge on any atom is 0.254 e. The van der Waals surface area contributed by atoms with Crippen molar-refractivity contribution in [3.8, 4) is 0 Å². The molecule has 7 heteroatoms. The van der Waals surface area contributed by atoms with E-state index in [1.165, 1.54) is 0 Å². The fourth-order valence-corrected chi connectivity index (χ4v) is 3.88. The predicted molar refractivity (Wildman–Crippen MR) is 88.5 cm³/mol. The molecule has 0 aliphatic carbocycles. The molecule has 122 valence electrons. The van der Waals surface area contributed by atoms with Crippen molar-refractivity contribution in [1.29, 1.82) is 0 Å². The van der Waals surface area contributed by atoms with Gasteiger partial charge in [-0.3, -0.25) is 9.59 Å². The smallest absolute Gasteiger partial charge is 0.254 e. The van der Waals surface area contributed by atoms with Crippen LogP contribution < -0.4 is 5.56 Å². The Morgan fingerprint density at radius 1 is 1.43 bits per heavy atom. The van der Waals surface area contributed by atoms with Crippen LogP contribution in [0.1, 0.15) is 47.4 Å². The Bertz CT molecular complexity index is 754. The zero-order valence-electron chi connectivity index (χ0n) is 13.3. The highest BCUT2D eigenvalue weighted by molar-refractivity contribution is 7.09. The summed E-state index contributed by atoms with van der Waals surface area (Å²) in [4.78, 5) is 38.1. The van der Waals surface area contributed by atoms with E-state index in [9.17, 15) is 9.59 Å². The van der Waals surface area contributed by atoms with Gasteiger partial charge in [-0.1, -0.05) is 0 Å². The molecule has 1 aliphatic heterocycles. The standard InChI is InChI=1S/C16H20N4O2S/c1-10-12(15(22)19-11(2)18-10)9-14(21)20-7-4-3-5-13(20)16-17-6-8-23-16/h6,8,13H,3-5,7,9H2,1-2H3,(H,18,19,22). The minimum Gasteiger partial charge on any atom is -0.333 e. The number of aromatic amines is 1. The number of piperidine rings is 1. The summed E-state index contributed by atoms with van der Waals surface area (Å²) < 4.78 is 0. The van der Waals surface area contributed by atoms with Crippen LogP contribution in [-0.2, 0) is 11.2 Å². The summed E-state index contributed by atoms with van der Waals surface area (Å²) in [6.07, 6.45) is 4.89. The average Bonchev–Trinajstić information content (AvgIpc) is 3.05. The van der Waals surface area contributed by atoms with E-state index in [0.717, 1.165) is 30.8 Å². The first-order valence-electron chi connectivity index (χ1n) is 7.81. The summed E-state index contributed by atoms with van der Waals surface area (Å²) in [5.74, 6) is 0.548. The van der Waals surface area contributed by atoms with Crippen molar-refractivity contribution in [3.05, 3.63) is 44.0 Å². The van der Waals surface area contributed by atoms with Gasteiger partial charge in [0.1, 0.15) is 10.8 Å². The van der Waals surface area contributed by atoms with Gasteiger partial charge in [-0.2, -0.15) is 0 Å². The molecule has 0 aromatic carbocycles. The number of likely N-dealkylation sites (tertiary alicyclic amines) is 1. The Hall–Kier alpha value is -2.02. The van der Waals surface area contributed by atoms with Crippen LogP contribution in [0.3, 0.4) is 0 Å². The Morgan fingerprint density at radius 3 is 2.96 bits per heavy atom. The highest BCUT2D eigenvalue weighted by atomic mass is 32.1. The van der Waals surface area contributed by atoms with Crippen molar-refractivity contribution >= 4 is 17.2 Å². The van der Waals surface area contributed by atoms with Crippen LogP contribution in [0.5, 0.6) is 0 Å². The van der Waals surface area contributed by atoms with Crippen LogP contribution in [0.25, 0.3) is 0 Å². The number of hydrogen-bond donors (Lipinski definition) is 1. The molecule has 1 aliphatic rings. The largest absolute Gasteiger partial charge is 0.333 e. The van der Waals surface area contributed by atoms with Gasteiger partial charge in [-0.15, -0.1) is 11.3 Å². The summed E-state index contributed by atoms with van der Waals surface area (Å²) in [6.45, 7) is 4.24. The monoisotopic (exact) mass is 332 g/mol. The van der Waals surface area contributed by atoms with Crippen molar-refractivity contribution in [3.63, 3.8) is 0 Å². The summed E-state index contributed by atoms with van der Waals surface area (Å²) in [7, 11) is 0. The first-order chi connectivity index (χ1) is 11.1. The minimum absolute atomic E-state index is 0.0239. The molecular weight excluding hydrogens is 312 g/mol. The molecule has 1 fully saturated rings. The van der Waals surface area contributed by atoms with E-state index in [4.69, 9.17) is 0 Å². The van der Waals surface area contributed by atoms with Crippen LogP contribution in [0, 0.1) is 13.8 Å². The Balaban J connectivity index is 1.83. The predicted octanol–water partition coefficient (Wildman–Crippen LogP) is 2.14. The molecule has 3 rings (SSSR count). The number of hydrogen-bond acceptors (Lipinski definition) is 5. The first kappa shape index (κ1) is 15.9. The van der Waals surface area contributed by atoms with E-state index < -0.39 is 0 Å². The van der Waals surface area contributed by atoms with Gasteiger partial charge in [-0.05, 0) is 33.1 Å². The highest BCUT2D eigenvalue weighted by Crippen LogP contribution is 2.32. The van der Waals surface area contributed by atoms with Crippen LogP contribution in [0.2, 0.25) is 0 Å². The molecule has 6 nitrogen and oxygen atoms in total. The molecule has 0 saturated carbocycles. The maximum atomic E-state index is 12.8. The number of thiazole rings is 1. The lowest BCUT2D eigenvalue weighted by atomic mass is 10.0. The molecule has 2 aromatic heterocycles. The average molecular weight is 332 g/mol. The second-order valence-electron chi connectivity index (χ2n) is 5.86. The van der Waals surface area contributed by atoms with Crippen LogP contribution in [-0.4, -0.2) is 32.3 Å². The maximum absolute atomic E-state index is 12.8. The molecule has 1 saturated heterocycles. The Labute approximate surface area is 138 Å². The van der Waals surface area contributed by atoms with E-state index in [1.54, 1.807) is 31.4 Å². The molecule has 1 amide bonds. The zero-order chi connectivity index (χ0) is 16.4. The molecule has 1 unspecified atom stereocenters. The SMILES string of the molecule is Cc1nc(C)c(CC(=O)N2CCCCC2c2nccs2)c(=O)[nH]1. The fourth-order valence-electron chi connectivity index (χ4n) is 3.10. The Morgan fingerprint density at radius 2 is 2.26 bits per heavy atom. The highest BCUT2D eigenvalue weighted by Gasteiger charge is 2.30. The topological polar surface area (TPSA) is 79.0 Å². The molecule has 23 heavy (non-hydrogen) atoms. The summed E-state index contributed by atoms with van der Waals surface area (Å²) in [5, 5.41) is 2.91. The number of nitrogens with zero attached hydrogens (tertiary/aromatic N) is 3. The minimum atomic E-state index is -0.217. The molecule has 0 radical (unpaired) electrons. The molecule has 2 aromatic rings. The van der Waals surface area contributed by atoms with Crippen LogP contribution >= 0.6 is 11.3 Å². The lowest BCUT2D eigenvalue weighted by Gasteiger charge is -2.34. The number of H-pyrrole nitrogens is 1. The lowest BCUT2D eigenvalue weighted by molar-refractivity contribution is -0.134. The normalized spacial score (nSPS) is 18.2. The number of carbonyl (C=O) groups is 1. The third-order valence-corrected chi connectivity index (χ3v) is 5.11. The van der Waals surface area contributed by atoms with Gasteiger partial charge in [0.15, 0.2) is 0 Å². The summed E-state index contributed by atoms with van der Waals surface area (Å²) in [6, 6.07) is 0.0362. The van der Waals surface area contributed by atoms with Crippen molar-refractivity contribution in [2.45, 2.75) is 45.6 Å². The molecule has 0 spiro atoms. The number of aryl methyl sites for hydroxylation is 2. The summed E-state index contributed by atoms with van der Waals surface area (Å²) in [5.41, 5.74) is 0.873. The van der Waals surface area contributed by atoms with Crippen LogP contribution in [0.4, 0.5) is 0 Å². The fraction of sp³-hybridized carbons (Fsp3) is 0.500. The van der Waals surface area contributed by atoms with Crippen LogP contribution in [0.15, 0.2) is 16.4 Å². The third-order valence-electron chi connectivity index (χ3n) is 4.23. The number of rotatable bonds is 3. The Kier molecular flexibility index (Phi) is 4.56. The van der Waals surface area contributed by atoms with Gasteiger partial charge < -0.3 is 9.88 Å². The zero-order valence-corrected chi connectivity index (χ0v) is 14.2.